The van der Waals surface area contributed by atoms with Gasteiger partial charge in [-0.25, -0.2) is 9.59 Å². The van der Waals surface area contributed by atoms with E-state index in [4.69, 9.17) is 23.7 Å². The number of carbonyl (C=O) groups is 5. The molecule has 0 spiro atoms. The molecule has 260 valence electrons. The summed E-state index contributed by atoms with van der Waals surface area (Å²) >= 11 is 0. The molecular weight excluding hydrogens is 626 g/mol. The number of nitrogens with zero attached hydrogens (tertiary/aromatic N) is 2. The zero-order valence-electron chi connectivity index (χ0n) is 26.1. The second kappa shape index (κ2) is 18.2. The molecule has 17 nitrogen and oxygen atoms in total. The van der Waals surface area contributed by atoms with Crippen molar-refractivity contribution in [2.75, 3.05) is 47.0 Å². The largest absolute Gasteiger partial charge is 0.491 e. The van der Waals surface area contributed by atoms with E-state index in [1.54, 1.807) is 0 Å². The van der Waals surface area contributed by atoms with E-state index < -0.39 is 42.8 Å². The quantitative estimate of drug-likeness (QED) is 0.0949. The van der Waals surface area contributed by atoms with E-state index in [9.17, 15) is 44.4 Å². The van der Waals surface area contributed by atoms with Gasteiger partial charge in [-0.3, -0.25) is 19.3 Å². The Morgan fingerprint density at radius 2 is 1.68 bits per heavy atom. The number of aliphatic hydroxyl groups is 3. The van der Waals surface area contributed by atoms with Crippen molar-refractivity contribution in [2.24, 2.45) is 0 Å². The van der Waals surface area contributed by atoms with Gasteiger partial charge in [0.25, 0.3) is 11.8 Å². The first-order valence-corrected chi connectivity index (χ1v) is 15.0. The number of ether oxygens (including phenoxy) is 5. The Balaban J connectivity index is 1.42. The van der Waals surface area contributed by atoms with Crippen LogP contribution in [0.1, 0.15) is 31.2 Å². The fraction of sp³-hybridized carbons (Fsp3) is 0.567. The molecule has 47 heavy (non-hydrogen) atoms. The number of amides is 4. The molecule has 1 aromatic rings. The highest BCUT2D eigenvalue weighted by Gasteiger charge is 2.48. The number of aliphatic hydroxyl groups excluding tert-OH is 3. The van der Waals surface area contributed by atoms with E-state index in [0.717, 1.165) is 0 Å². The van der Waals surface area contributed by atoms with Gasteiger partial charge in [-0.1, -0.05) is 6.42 Å². The molecule has 0 radical (unpaired) electrons. The van der Waals surface area contributed by atoms with Gasteiger partial charge in [-0.15, -0.1) is 0 Å². The highest BCUT2D eigenvalue weighted by molar-refractivity contribution is 6.12. The van der Waals surface area contributed by atoms with Gasteiger partial charge < -0.3 is 54.3 Å². The molecule has 2 aliphatic heterocycles. The van der Waals surface area contributed by atoms with E-state index in [1.807, 2.05) is 0 Å². The molecule has 2 aliphatic rings. The van der Waals surface area contributed by atoms with Crippen LogP contribution in [-0.4, -0.2) is 138 Å². The second-order valence-electron chi connectivity index (χ2n) is 10.9. The van der Waals surface area contributed by atoms with Crippen LogP contribution in [-0.2, 0) is 40.0 Å². The summed E-state index contributed by atoms with van der Waals surface area (Å²) in [6.07, 6.45) is -4.90. The zero-order valence-corrected chi connectivity index (χ0v) is 26.1. The lowest BCUT2D eigenvalue weighted by Gasteiger charge is -2.38. The summed E-state index contributed by atoms with van der Waals surface area (Å²) < 4.78 is 27.3. The molecule has 5 N–H and O–H groups in total. The number of imide groups is 1. The molecule has 3 rings (SSSR count). The molecule has 17 heteroatoms. The molecule has 0 unspecified atom stereocenters. The van der Waals surface area contributed by atoms with Gasteiger partial charge in [0.05, 0.1) is 13.2 Å². The number of hydrogen-bond donors (Lipinski definition) is 5. The maximum absolute atomic E-state index is 12.1. The number of carboxylic acids is 1. The smallest absolute Gasteiger partial charge is 0.409 e. The van der Waals surface area contributed by atoms with Crippen molar-refractivity contribution in [3.05, 3.63) is 35.9 Å². The zero-order chi connectivity index (χ0) is 34.5. The van der Waals surface area contributed by atoms with Crippen molar-refractivity contribution >= 4 is 29.8 Å². The van der Waals surface area contributed by atoms with Crippen LogP contribution in [0.4, 0.5) is 4.79 Å². The number of hydrogen-bond acceptors (Lipinski definition) is 13. The van der Waals surface area contributed by atoms with Crippen LogP contribution in [0.2, 0.25) is 0 Å². The van der Waals surface area contributed by atoms with E-state index in [1.165, 1.54) is 54.2 Å². The standard InChI is InChI=1S/C30H41N3O14/c1-32(2)30(42)45-17-18-7-8-19(46-29-26(39)24(37)25(38)27(47-29)28(40)41)16-20(18)44-15-14-43-13-11-31-21(34)6-4-3-5-12-33-22(35)9-10-23(33)36/h7-10,16,24-27,29,37-39H,3-6,11-15,17H2,1-2H3,(H,31,34)(H,40,41)/t24-,25-,26+,27-,29+/m0/s1. The van der Waals surface area contributed by atoms with Crippen LogP contribution in [0.5, 0.6) is 11.5 Å². The average Bonchev–Trinajstić information content (AvgIpc) is 3.35. The number of nitrogens with one attached hydrogen (secondary N) is 1. The fourth-order valence-corrected chi connectivity index (χ4v) is 4.46. The molecule has 2 heterocycles. The van der Waals surface area contributed by atoms with Gasteiger partial charge in [0.2, 0.25) is 12.2 Å². The molecule has 0 aliphatic carbocycles. The minimum atomic E-state index is -1.88. The lowest BCUT2D eigenvalue weighted by atomic mass is 9.99. The highest BCUT2D eigenvalue weighted by Crippen LogP contribution is 2.30. The number of carbonyl (C=O) groups excluding carboxylic acids is 4. The van der Waals surface area contributed by atoms with E-state index in [2.05, 4.69) is 5.32 Å². The van der Waals surface area contributed by atoms with Gasteiger partial charge in [0.15, 0.2) is 6.10 Å². The molecule has 0 saturated carbocycles. The lowest BCUT2D eigenvalue weighted by Crippen LogP contribution is -2.61. The van der Waals surface area contributed by atoms with Crippen molar-refractivity contribution in [1.82, 2.24) is 15.1 Å². The van der Waals surface area contributed by atoms with Gasteiger partial charge in [-0.2, -0.15) is 0 Å². The maximum atomic E-state index is 12.1. The maximum Gasteiger partial charge on any atom is 0.409 e. The third kappa shape index (κ3) is 11.2. The Hall–Kier alpha value is -4.29. The monoisotopic (exact) mass is 667 g/mol. The molecule has 1 fully saturated rings. The predicted molar refractivity (Wildman–Crippen MR) is 159 cm³/mol. The van der Waals surface area contributed by atoms with Crippen molar-refractivity contribution in [1.29, 1.82) is 0 Å². The Morgan fingerprint density at radius 3 is 2.36 bits per heavy atom. The summed E-state index contributed by atoms with van der Waals surface area (Å²) in [5, 5.41) is 42.2. The minimum Gasteiger partial charge on any atom is -0.491 e. The summed E-state index contributed by atoms with van der Waals surface area (Å²) in [7, 11) is 3.04. The number of unbranched alkanes of at least 4 members (excludes halogenated alkanes) is 2. The predicted octanol–water partition coefficient (Wildman–Crippen LogP) is -0.847. The third-order valence-electron chi connectivity index (χ3n) is 7.06. The van der Waals surface area contributed by atoms with E-state index in [-0.39, 0.29) is 62.2 Å². The Labute approximate surface area is 270 Å². The van der Waals surface area contributed by atoms with E-state index in [0.29, 0.717) is 37.8 Å². The van der Waals surface area contributed by atoms with Gasteiger partial charge in [-0.05, 0) is 25.0 Å². The van der Waals surface area contributed by atoms with Crippen LogP contribution in [0, 0.1) is 0 Å². The lowest BCUT2D eigenvalue weighted by molar-refractivity contribution is -0.271. The summed E-state index contributed by atoms with van der Waals surface area (Å²) in [4.78, 5) is 60.9. The van der Waals surface area contributed by atoms with Crippen LogP contribution in [0.3, 0.4) is 0 Å². The van der Waals surface area contributed by atoms with Crippen LogP contribution in [0.15, 0.2) is 30.4 Å². The Bertz CT molecular complexity index is 1270. The van der Waals surface area contributed by atoms with Crippen molar-refractivity contribution in [3.63, 3.8) is 0 Å². The molecule has 0 bridgehead atoms. The van der Waals surface area contributed by atoms with Crippen molar-refractivity contribution in [3.8, 4) is 11.5 Å². The number of aliphatic carboxylic acids is 1. The SMILES string of the molecule is CN(C)C(=O)OCc1ccc(O[C@@H]2O[C@H](C(=O)O)[C@@H](O)[C@H](O)[C@H]2O)cc1OCCOCCNC(=O)CCCCCN1C(=O)C=CC1=O. The molecule has 1 aromatic carbocycles. The fourth-order valence-electron chi connectivity index (χ4n) is 4.46. The first-order valence-electron chi connectivity index (χ1n) is 15.0. The first-order chi connectivity index (χ1) is 22.4. The van der Waals surface area contributed by atoms with E-state index >= 15 is 0 Å². The topological polar surface area (TPSA) is 231 Å². The number of carboxylic acid groups (broad SMARTS) is 1. The normalized spacial score (nSPS) is 22.2. The number of rotatable bonds is 18. The molecule has 5 atom stereocenters. The second-order valence-corrected chi connectivity index (χ2v) is 10.9. The third-order valence-corrected chi connectivity index (χ3v) is 7.06. The minimum absolute atomic E-state index is 0.0398. The summed E-state index contributed by atoms with van der Waals surface area (Å²) in [6, 6.07) is 4.34. The van der Waals surface area contributed by atoms with Gasteiger partial charge in [0.1, 0.15) is 43.0 Å². The van der Waals surface area contributed by atoms with Crippen LogP contribution < -0.4 is 14.8 Å². The molecular formula is C30H41N3O14. The van der Waals surface area contributed by atoms with Crippen LogP contribution in [0.25, 0.3) is 0 Å². The van der Waals surface area contributed by atoms with Crippen LogP contribution >= 0.6 is 0 Å². The van der Waals surface area contributed by atoms with Gasteiger partial charge in [0, 0.05) is 57.4 Å². The average molecular weight is 668 g/mol. The Morgan fingerprint density at radius 1 is 0.957 bits per heavy atom. The van der Waals surface area contributed by atoms with Gasteiger partial charge >= 0.3 is 12.1 Å². The first kappa shape index (κ1) is 37.2. The highest BCUT2D eigenvalue weighted by atomic mass is 16.7. The summed E-state index contributed by atoms with van der Waals surface area (Å²) in [6.45, 7) is 0.779. The van der Waals surface area contributed by atoms with Crippen molar-refractivity contribution < 1.29 is 68.1 Å². The molecule has 0 aromatic heterocycles. The summed E-state index contributed by atoms with van der Waals surface area (Å²) in [5.74, 6) is -2.09. The number of benzene rings is 1. The Kier molecular flexibility index (Phi) is 14.4. The van der Waals surface area contributed by atoms with Crippen molar-refractivity contribution in [2.45, 2.75) is 63.0 Å². The summed E-state index contributed by atoms with van der Waals surface area (Å²) in [5.41, 5.74) is 0.444. The molecule has 4 amide bonds. The molecule has 1 saturated heterocycles.